The SMILES string of the molecule is CCOC(=O)c1ccc(NC2C=CCCC2)c(NC(=O)OC)c1. The van der Waals surface area contributed by atoms with E-state index in [0.29, 0.717) is 17.9 Å². The number of anilines is 2. The summed E-state index contributed by atoms with van der Waals surface area (Å²) in [7, 11) is 1.29. The maximum Gasteiger partial charge on any atom is 0.411 e. The molecule has 0 aromatic heterocycles. The van der Waals surface area contributed by atoms with Crippen LogP contribution in [-0.4, -0.2) is 31.8 Å². The smallest absolute Gasteiger partial charge is 0.411 e. The summed E-state index contributed by atoms with van der Waals surface area (Å²) >= 11 is 0. The molecule has 0 radical (unpaired) electrons. The van der Waals surface area contributed by atoms with Crippen LogP contribution >= 0.6 is 0 Å². The molecule has 1 amide bonds. The van der Waals surface area contributed by atoms with Crippen LogP contribution in [0, 0.1) is 0 Å². The van der Waals surface area contributed by atoms with Crippen molar-refractivity contribution in [2.24, 2.45) is 0 Å². The molecule has 1 aromatic carbocycles. The third kappa shape index (κ3) is 4.74. The lowest BCUT2D eigenvalue weighted by Gasteiger charge is -2.21. The molecule has 0 spiro atoms. The van der Waals surface area contributed by atoms with Gasteiger partial charge in [-0.15, -0.1) is 0 Å². The van der Waals surface area contributed by atoms with E-state index in [-0.39, 0.29) is 6.04 Å². The van der Waals surface area contributed by atoms with Crippen molar-refractivity contribution < 1.29 is 19.1 Å². The van der Waals surface area contributed by atoms with Crippen molar-refractivity contribution in [3.63, 3.8) is 0 Å². The standard InChI is InChI=1S/C17H22N2O4/c1-3-23-16(20)12-9-10-14(15(11-12)19-17(21)22-2)18-13-7-5-4-6-8-13/h5,7,9-11,13,18H,3-4,6,8H2,1-2H3,(H,19,21). The quantitative estimate of drug-likeness (QED) is 0.641. The summed E-state index contributed by atoms with van der Waals surface area (Å²) in [5, 5.41) is 6.00. The van der Waals surface area contributed by atoms with Gasteiger partial charge in [-0.1, -0.05) is 12.2 Å². The van der Waals surface area contributed by atoms with E-state index in [1.165, 1.54) is 7.11 Å². The fraction of sp³-hybridized carbons (Fsp3) is 0.412. The Balaban J connectivity index is 2.24. The number of ether oxygens (including phenoxy) is 2. The van der Waals surface area contributed by atoms with Gasteiger partial charge in [-0.05, 0) is 44.4 Å². The van der Waals surface area contributed by atoms with Gasteiger partial charge >= 0.3 is 12.1 Å². The molecule has 6 heteroatoms. The highest BCUT2D eigenvalue weighted by Crippen LogP contribution is 2.26. The van der Waals surface area contributed by atoms with Gasteiger partial charge in [-0.3, -0.25) is 5.32 Å². The van der Waals surface area contributed by atoms with Crippen LogP contribution in [0.5, 0.6) is 0 Å². The molecule has 1 aliphatic rings. The van der Waals surface area contributed by atoms with Crippen molar-refractivity contribution >= 4 is 23.4 Å². The molecule has 0 bridgehead atoms. The topological polar surface area (TPSA) is 76.7 Å². The Morgan fingerprint density at radius 1 is 1.30 bits per heavy atom. The Bertz CT molecular complexity index is 598. The van der Waals surface area contributed by atoms with Gasteiger partial charge in [0.2, 0.25) is 0 Å². The molecule has 1 aromatic rings. The number of benzene rings is 1. The second kappa shape index (κ2) is 8.22. The molecule has 0 aliphatic heterocycles. The highest BCUT2D eigenvalue weighted by molar-refractivity contribution is 5.95. The number of hydrogen-bond donors (Lipinski definition) is 2. The van der Waals surface area contributed by atoms with E-state index >= 15 is 0 Å². The number of carbonyl (C=O) groups is 2. The number of esters is 1. The van der Waals surface area contributed by atoms with Gasteiger partial charge < -0.3 is 14.8 Å². The summed E-state index contributed by atoms with van der Waals surface area (Å²) in [4.78, 5) is 23.4. The van der Waals surface area contributed by atoms with Crippen molar-refractivity contribution in [3.8, 4) is 0 Å². The summed E-state index contributed by atoms with van der Waals surface area (Å²) in [6.07, 6.45) is 6.90. The molecule has 2 rings (SSSR count). The first-order chi connectivity index (χ1) is 11.1. The zero-order chi connectivity index (χ0) is 16.7. The van der Waals surface area contributed by atoms with Crippen molar-refractivity contribution in [2.75, 3.05) is 24.4 Å². The average molecular weight is 318 g/mol. The lowest BCUT2D eigenvalue weighted by molar-refractivity contribution is 0.0526. The Morgan fingerprint density at radius 3 is 2.78 bits per heavy atom. The van der Waals surface area contributed by atoms with Crippen LogP contribution in [0.25, 0.3) is 0 Å². The monoisotopic (exact) mass is 318 g/mol. The molecule has 23 heavy (non-hydrogen) atoms. The van der Waals surface area contributed by atoms with Crippen LogP contribution in [0.15, 0.2) is 30.4 Å². The van der Waals surface area contributed by atoms with E-state index in [2.05, 4.69) is 27.5 Å². The molecule has 1 unspecified atom stereocenters. The highest BCUT2D eigenvalue weighted by Gasteiger charge is 2.15. The molecular weight excluding hydrogens is 296 g/mol. The fourth-order valence-corrected chi connectivity index (χ4v) is 2.41. The maximum atomic E-state index is 11.9. The highest BCUT2D eigenvalue weighted by atomic mass is 16.5. The van der Waals surface area contributed by atoms with Gasteiger partial charge in [0, 0.05) is 6.04 Å². The van der Waals surface area contributed by atoms with Crippen molar-refractivity contribution in [1.29, 1.82) is 0 Å². The van der Waals surface area contributed by atoms with Crippen LogP contribution < -0.4 is 10.6 Å². The Labute approximate surface area is 135 Å². The minimum atomic E-state index is -0.590. The zero-order valence-electron chi connectivity index (χ0n) is 13.4. The lowest BCUT2D eigenvalue weighted by atomic mass is 10.0. The van der Waals surface area contributed by atoms with Gasteiger partial charge in [0.15, 0.2) is 0 Å². The van der Waals surface area contributed by atoms with Gasteiger partial charge in [-0.2, -0.15) is 0 Å². The minimum Gasteiger partial charge on any atom is -0.462 e. The fourth-order valence-electron chi connectivity index (χ4n) is 2.41. The number of nitrogens with one attached hydrogen (secondary N) is 2. The Hall–Kier alpha value is -2.50. The number of hydrogen-bond acceptors (Lipinski definition) is 5. The Morgan fingerprint density at radius 2 is 2.13 bits per heavy atom. The first-order valence-corrected chi connectivity index (χ1v) is 7.73. The van der Waals surface area contributed by atoms with Crippen molar-refractivity contribution in [3.05, 3.63) is 35.9 Å². The van der Waals surface area contributed by atoms with E-state index < -0.39 is 12.1 Å². The lowest BCUT2D eigenvalue weighted by Crippen LogP contribution is -2.21. The van der Waals surface area contributed by atoms with E-state index in [4.69, 9.17) is 4.74 Å². The predicted octanol–water partition coefficient (Wildman–Crippen LogP) is 3.56. The molecule has 0 heterocycles. The van der Waals surface area contributed by atoms with Crippen molar-refractivity contribution in [1.82, 2.24) is 0 Å². The second-order valence-electron chi connectivity index (χ2n) is 5.21. The number of methoxy groups -OCH3 is 1. The van der Waals surface area contributed by atoms with Gasteiger partial charge in [0.1, 0.15) is 0 Å². The van der Waals surface area contributed by atoms with E-state index in [1.54, 1.807) is 25.1 Å². The molecular formula is C17H22N2O4. The summed E-state index contributed by atoms with van der Waals surface area (Å²) < 4.78 is 9.63. The zero-order valence-corrected chi connectivity index (χ0v) is 13.4. The number of allylic oxidation sites excluding steroid dienone is 1. The summed E-state index contributed by atoms with van der Waals surface area (Å²) in [5.74, 6) is -0.426. The molecule has 0 saturated heterocycles. The molecule has 1 atom stereocenters. The molecule has 124 valence electrons. The Kier molecular flexibility index (Phi) is 6.02. The molecule has 2 N–H and O–H groups in total. The molecule has 0 saturated carbocycles. The number of rotatable bonds is 5. The largest absolute Gasteiger partial charge is 0.462 e. The van der Waals surface area contributed by atoms with E-state index in [1.807, 2.05) is 0 Å². The predicted molar refractivity (Wildman–Crippen MR) is 88.8 cm³/mol. The van der Waals surface area contributed by atoms with Crippen LogP contribution in [-0.2, 0) is 9.47 Å². The van der Waals surface area contributed by atoms with Crippen LogP contribution in [0.3, 0.4) is 0 Å². The maximum absolute atomic E-state index is 11.9. The average Bonchev–Trinajstić information content (AvgIpc) is 2.57. The van der Waals surface area contributed by atoms with E-state index in [9.17, 15) is 9.59 Å². The molecule has 1 aliphatic carbocycles. The first kappa shape index (κ1) is 16.9. The van der Waals surface area contributed by atoms with Crippen LogP contribution in [0.2, 0.25) is 0 Å². The summed E-state index contributed by atoms with van der Waals surface area (Å²) in [6.45, 7) is 2.04. The number of carbonyl (C=O) groups excluding carboxylic acids is 2. The first-order valence-electron chi connectivity index (χ1n) is 7.73. The van der Waals surface area contributed by atoms with Gasteiger partial charge in [0.25, 0.3) is 0 Å². The summed E-state index contributed by atoms with van der Waals surface area (Å²) in [6, 6.07) is 5.23. The molecule has 6 nitrogen and oxygen atoms in total. The molecule has 0 fully saturated rings. The van der Waals surface area contributed by atoms with Gasteiger partial charge in [-0.25, -0.2) is 9.59 Å². The van der Waals surface area contributed by atoms with Crippen LogP contribution in [0.1, 0.15) is 36.5 Å². The van der Waals surface area contributed by atoms with Crippen LogP contribution in [0.4, 0.5) is 16.2 Å². The third-order valence-electron chi connectivity index (χ3n) is 3.55. The second-order valence-corrected chi connectivity index (χ2v) is 5.21. The normalized spacial score (nSPS) is 16.5. The third-order valence-corrected chi connectivity index (χ3v) is 3.55. The van der Waals surface area contributed by atoms with Gasteiger partial charge in [0.05, 0.1) is 30.7 Å². The summed E-state index contributed by atoms with van der Waals surface area (Å²) in [5.41, 5.74) is 1.60. The van der Waals surface area contributed by atoms with Crippen molar-refractivity contribution in [2.45, 2.75) is 32.2 Å². The minimum absolute atomic E-state index is 0.204. The van der Waals surface area contributed by atoms with E-state index in [0.717, 1.165) is 24.9 Å². The number of amides is 1.